The lowest BCUT2D eigenvalue weighted by Gasteiger charge is -2.15. The highest BCUT2D eigenvalue weighted by atomic mass is 35.5. The number of aryl methyl sites for hydroxylation is 1. The number of halogens is 1. The first-order valence-corrected chi connectivity index (χ1v) is 7.47. The Labute approximate surface area is 141 Å². The zero-order chi connectivity index (χ0) is 17.1. The van der Waals surface area contributed by atoms with Crippen LogP contribution < -0.4 is 21.3 Å². The zero-order valence-electron chi connectivity index (χ0n) is 13.2. The molecule has 23 heavy (non-hydrogen) atoms. The molecule has 1 aromatic carbocycles. The Hall–Kier alpha value is -2.31. The summed E-state index contributed by atoms with van der Waals surface area (Å²) in [5.74, 6) is 5.02. The predicted octanol–water partition coefficient (Wildman–Crippen LogP) is 2.52. The quantitative estimate of drug-likeness (QED) is 0.248. The maximum Gasteiger partial charge on any atom is 0.221 e. The molecule has 0 bridgehead atoms. The third-order valence-electron chi connectivity index (χ3n) is 3.09. The van der Waals surface area contributed by atoms with Crippen LogP contribution in [0, 0.1) is 0 Å². The number of benzene rings is 1. The van der Waals surface area contributed by atoms with Crippen LogP contribution in [-0.2, 0) is 17.8 Å². The van der Waals surface area contributed by atoms with Gasteiger partial charge in [0.2, 0.25) is 6.41 Å². The van der Waals surface area contributed by atoms with E-state index in [0.717, 1.165) is 17.7 Å². The lowest BCUT2D eigenvalue weighted by Crippen LogP contribution is -2.18. The maximum atomic E-state index is 8.94. The van der Waals surface area contributed by atoms with Crippen molar-refractivity contribution in [3.8, 4) is 5.75 Å². The number of nitrogens with one attached hydrogen (secondary N) is 2. The summed E-state index contributed by atoms with van der Waals surface area (Å²) >= 11 is 5.99. The van der Waals surface area contributed by atoms with Crippen LogP contribution in [0.15, 0.2) is 36.5 Å². The van der Waals surface area contributed by atoms with E-state index in [1.54, 1.807) is 11.6 Å². The molecule has 0 fully saturated rings. The SMILES string of the molecule is CCc1cccc(NC)c1COc1cccnc1Cl.NNC=O. The molecule has 1 aromatic heterocycles. The fraction of sp³-hybridized carbons (Fsp3) is 0.250. The number of ether oxygens (including phenoxy) is 1. The average molecular weight is 337 g/mol. The summed E-state index contributed by atoms with van der Waals surface area (Å²) in [5, 5.41) is 3.58. The van der Waals surface area contributed by atoms with Gasteiger partial charge in [-0.3, -0.25) is 10.2 Å². The van der Waals surface area contributed by atoms with Crippen LogP contribution in [0.3, 0.4) is 0 Å². The zero-order valence-corrected chi connectivity index (χ0v) is 13.9. The van der Waals surface area contributed by atoms with Crippen molar-refractivity contribution in [2.45, 2.75) is 20.0 Å². The van der Waals surface area contributed by atoms with Gasteiger partial charge in [0.25, 0.3) is 0 Å². The molecule has 124 valence electrons. The molecule has 4 N–H and O–H groups in total. The van der Waals surface area contributed by atoms with Gasteiger partial charge in [-0.05, 0) is 30.2 Å². The van der Waals surface area contributed by atoms with E-state index in [4.69, 9.17) is 21.1 Å². The second kappa shape index (κ2) is 10.4. The van der Waals surface area contributed by atoms with Crippen molar-refractivity contribution in [1.82, 2.24) is 10.4 Å². The standard InChI is InChI=1S/C15H17ClN2O.CH4N2O/c1-3-11-6-4-7-13(17-2)12(11)10-19-14-8-5-9-18-15(14)16;2-3-1-4/h4-9,17H,3,10H2,1-2H3;1H,2H2,(H,3,4). The van der Waals surface area contributed by atoms with E-state index in [1.807, 2.05) is 31.3 Å². The molecule has 1 amide bonds. The summed E-state index contributed by atoms with van der Waals surface area (Å²) in [6.45, 7) is 2.61. The lowest BCUT2D eigenvalue weighted by atomic mass is 10.0. The maximum absolute atomic E-state index is 8.94. The van der Waals surface area contributed by atoms with Crippen molar-refractivity contribution in [2.75, 3.05) is 12.4 Å². The minimum Gasteiger partial charge on any atom is -0.486 e. The molecular formula is C16H21ClN4O2. The Balaban J connectivity index is 0.000000593. The van der Waals surface area contributed by atoms with E-state index in [0.29, 0.717) is 23.9 Å². The Kier molecular flexibility index (Phi) is 8.49. The number of carbonyl (C=O) groups is 1. The predicted molar refractivity (Wildman–Crippen MR) is 92.3 cm³/mol. The minimum atomic E-state index is 0.391. The van der Waals surface area contributed by atoms with Crippen molar-refractivity contribution in [3.05, 3.63) is 52.8 Å². The first kappa shape index (κ1) is 18.7. The number of hydrogen-bond donors (Lipinski definition) is 3. The number of anilines is 1. The summed E-state index contributed by atoms with van der Waals surface area (Å²) in [5.41, 5.74) is 5.26. The number of aromatic nitrogens is 1. The molecule has 0 saturated heterocycles. The van der Waals surface area contributed by atoms with Crippen LogP contribution in [0.4, 0.5) is 5.69 Å². The Morgan fingerprint density at radius 1 is 1.35 bits per heavy atom. The van der Waals surface area contributed by atoms with E-state index < -0.39 is 0 Å². The van der Waals surface area contributed by atoms with Gasteiger partial charge in [-0.1, -0.05) is 30.7 Å². The Morgan fingerprint density at radius 2 is 2.09 bits per heavy atom. The first-order valence-electron chi connectivity index (χ1n) is 7.09. The number of rotatable bonds is 6. The summed E-state index contributed by atoms with van der Waals surface area (Å²) in [7, 11) is 1.91. The van der Waals surface area contributed by atoms with E-state index in [2.05, 4.69) is 29.1 Å². The third-order valence-corrected chi connectivity index (χ3v) is 3.37. The van der Waals surface area contributed by atoms with E-state index in [1.165, 1.54) is 5.56 Å². The summed E-state index contributed by atoms with van der Waals surface area (Å²) in [4.78, 5) is 12.9. The highest BCUT2D eigenvalue weighted by molar-refractivity contribution is 6.30. The van der Waals surface area contributed by atoms with Crippen molar-refractivity contribution in [3.63, 3.8) is 0 Å². The number of nitrogens with zero attached hydrogens (tertiary/aromatic N) is 1. The van der Waals surface area contributed by atoms with Crippen LogP contribution in [0.25, 0.3) is 0 Å². The van der Waals surface area contributed by atoms with Gasteiger partial charge >= 0.3 is 0 Å². The molecule has 0 atom stereocenters. The molecule has 2 rings (SSSR count). The van der Waals surface area contributed by atoms with Crippen molar-refractivity contribution < 1.29 is 9.53 Å². The van der Waals surface area contributed by atoms with Gasteiger partial charge in [0, 0.05) is 24.5 Å². The highest BCUT2D eigenvalue weighted by Crippen LogP contribution is 2.25. The molecule has 7 heteroatoms. The molecule has 1 heterocycles. The van der Waals surface area contributed by atoms with Crippen LogP contribution in [0.1, 0.15) is 18.1 Å². The second-order valence-electron chi connectivity index (χ2n) is 4.41. The van der Waals surface area contributed by atoms with Gasteiger partial charge in [-0.15, -0.1) is 0 Å². The summed E-state index contributed by atoms with van der Waals surface area (Å²) in [6, 6.07) is 9.84. The van der Waals surface area contributed by atoms with Crippen molar-refractivity contribution >= 4 is 23.7 Å². The molecule has 0 aliphatic heterocycles. The lowest BCUT2D eigenvalue weighted by molar-refractivity contribution is -0.109. The molecule has 0 spiro atoms. The fourth-order valence-corrected chi connectivity index (χ4v) is 2.17. The van der Waals surface area contributed by atoms with Gasteiger partial charge in [-0.25, -0.2) is 10.8 Å². The fourth-order valence-electron chi connectivity index (χ4n) is 2.00. The number of hydrogen-bond acceptors (Lipinski definition) is 5. The summed E-state index contributed by atoms with van der Waals surface area (Å²) in [6.07, 6.45) is 3.02. The first-order chi connectivity index (χ1) is 11.2. The molecule has 0 unspecified atom stereocenters. The number of nitrogens with two attached hydrogens (primary N) is 1. The molecule has 2 aromatic rings. The van der Waals surface area contributed by atoms with E-state index in [-0.39, 0.29) is 0 Å². The number of pyridine rings is 1. The van der Waals surface area contributed by atoms with Crippen LogP contribution >= 0.6 is 11.6 Å². The molecule has 0 aliphatic rings. The minimum absolute atomic E-state index is 0.391. The molecule has 0 radical (unpaired) electrons. The van der Waals surface area contributed by atoms with Gasteiger partial charge in [-0.2, -0.15) is 0 Å². The third kappa shape index (κ3) is 5.77. The smallest absolute Gasteiger partial charge is 0.221 e. The Morgan fingerprint density at radius 3 is 2.65 bits per heavy atom. The molecular weight excluding hydrogens is 316 g/mol. The molecule has 0 saturated carbocycles. The second-order valence-corrected chi connectivity index (χ2v) is 4.77. The number of carbonyl (C=O) groups excluding carboxylic acids is 1. The van der Waals surface area contributed by atoms with Gasteiger partial charge in [0.15, 0.2) is 10.9 Å². The normalized spacial score (nSPS) is 9.39. The average Bonchev–Trinajstić information content (AvgIpc) is 2.60. The van der Waals surface area contributed by atoms with Gasteiger partial charge in [0.05, 0.1) is 0 Å². The van der Waals surface area contributed by atoms with E-state index >= 15 is 0 Å². The topological polar surface area (TPSA) is 89.3 Å². The highest BCUT2D eigenvalue weighted by Gasteiger charge is 2.08. The monoisotopic (exact) mass is 336 g/mol. The molecule has 6 nitrogen and oxygen atoms in total. The van der Waals surface area contributed by atoms with Gasteiger partial charge < -0.3 is 10.1 Å². The van der Waals surface area contributed by atoms with Crippen molar-refractivity contribution in [1.29, 1.82) is 0 Å². The Bertz CT molecular complexity index is 601. The largest absolute Gasteiger partial charge is 0.486 e. The molecule has 0 aliphatic carbocycles. The van der Waals surface area contributed by atoms with Crippen LogP contribution in [-0.4, -0.2) is 18.4 Å². The summed E-state index contributed by atoms with van der Waals surface area (Å²) < 4.78 is 5.77. The van der Waals surface area contributed by atoms with Gasteiger partial charge in [0.1, 0.15) is 6.61 Å². The van der Waals surface area contributed by atoms with Crippen LogP contribution in [0.2, 0.25) is 5.15 Å². The van der Waals surface area contributed by atoms with Crippen molar-refractivity contribution in [2.24, 2.45) is 5.84 Å². The number of amides is 1. The number of hydrazine groups is 1. The van der Waals surface area contributed by atoms with Crippen LogP contribution in [0.5, 0.6) is 5.75 Å². The van der Waals surface area contributed by atoms with E-state index in [9.17, 15) is 0 Å².